The number of allylic oxidation sites excluding steroid dienone is 2. The van der Waals surface area contributed by atoms with Crippen LogP contribution in [0.5, 0.6) is 5.75 Å². The Balaban J connectivity index is 1.86. The third-order valence-corrected chi connectivity index (χ3v) is 11.9. The van der Waals surface area contributed by atoms with E-state index in [9.17, 15) is 45.6 Å². The van der Waals surface area contributed by atoms with Gasteiger partial charge in [-0.05, 0) is 112 Å². The smallest absolute Gasteiger partial charge is 0.303 e. The number of hydrogen-bond donors (Lipinski definition) is 10. The minimum Gasteiger partial charge on any atom is -0.508 e. The molecule has 10 unspecified atom stereocenters. The molecule has 58 heavy (non-hydrogen) atoms. The lowest BCUT2D eigenvalue weighted by atomic mass is 9.82. The Kier molecular flexibility index (Phi) is 18.9. The molecule has 2 aliphatic heterocycles. The molecule has 10 N–H and O–H groups in total. The first kappa shape index (κ1) is 47.1. The Morgan fingerprint density at radius 2 is 1.76 bits per heavy atom. The van der Waals surface area contributed by atoms with Crippen LogP contribution < -0.4 is 10.6 Å². The van der Waals surface area contributed by atoms with Crippen LogP contribution in [0.2, 0.25) is 0 Å². The average Bonchev–Trinajstić information content (AvgIpc) is 3.37. The second-order valence-corrected chi connectivity index (χ2v) is 16.8. The molecule has 10 atom stereocenters. The number of aliphatic carboxylic acids is 1. The first-order valence-electron chi connectivity index (χ1n) is 21.2. The van der Waals surface area contributed by atoms with Crippen molar-refractivity contribution in [3.8, 4) is 17.6 Å². The van der Waals surface area contributed by atoms with Crippen molar-refractivity contribution < 1.29 is 45.6 Å². The fourth-order valence-electron chi connectivity index (χ4n) is 8.49. The van der Waals surface area contributed by atoms with Gasteiger partial charge in [0.1, 0.15) is 5.75 Å². The minimum absolute atomic E-state index is 0.0406. The van der Waals surface area contributed by atoms with Crippen LogP contribution in [0.3, 0.4) is 0 Å². The number of benzene rings is 2. The number of aryl methyl sites for hydroxylation is 1. The Labute approximate surface area is 344 Å². The molecule has 4 rings (SSSR count). The molecular weight excluding hydrogens is 737 g/mol. The standard InChI is InChI=1S/C47H68N2O9/c1-4-5-15-41(53)42(54)25-21-35-20-19-34-12-7-6-11-33(34)13-9-16-44(47(3,58)29-32-17-22-37(51)23-18-32)49-40(39(35)28-38(52)30-50)24-26-43(55)46-36(27-45(56)57)14-8-10-31(2)48-46/h6-7,11-12,17-18,21-23,25,31,36,38,40-44,46,48-55,58H,4-5,8,10,14-16,19-20,24,26-30H2,1-3H3,(H,56,57). The van der Waals surface area contributed by atoms with Crippen molar-refractivity contribution in [3.05, 3.63) is 88.5 Å². The van der Waals surface area contributed by atoms with Crippen molar-refractivity contribution in [2.24, 2.45) is 5.92 Å². The number of aliphatic hydroxyl groups is 6. The molecule has 0 aliphatic carbocycles. The van der Waals surface area contributed by atoms with E-state index >= 15 is 0 Å². The van der Waals surface area contributed by atoms with Crippen molar-refractivity contribution in [2.75, 3.05) is 6.61 Å². The van der Waals surface area contributed by atoms with E-state index in [2.05, 4.69) is 22.5 Å². The van der Waals surface area contributed by atoms with Crippen LogP contribution in [0.25, 0.3) is 0 Å². The Morgan fingerprint density at radius 1 is 1.02 bits per heavy atom. The molecule has 0 amide bonds. The van der Waals surface area contributed by atoms with Gasteiger partial charge >= 0.3 is 5.97 Å². The van der Waals surface area contributed by atoms with Crippen LogP contribution in [0.4, 0.5) is 0 Å². The summed E-state index contributed by atoms with van der Waals surface area (Å²) in [5.74, 6) is 5.58. The normalized spacial score (nSPS) is 25.2. The van der Waals surface area contributed by atoms with Gasteiger partial charge in [0.25, 0.3) is 0 Å². The number of carboxylic acids is 1. The van der Waals surface area contributed by atoms with Crippen molar-refractivity contribution in [2.45, 2.75) is 165 Å². The molecule has 320 valence electrons. The van der Waals surface area contributed by atoms with Gasteiger partial charge in [0.15, 0.2) is 0 Å². The maximum atomic E-state index is 12.3. The summed E-state index contributed by atoms with van der Waals surface area (Å²) in [6, 6.07) is 12.9. The van der Waals surface area contributed by atoms with E-state index in [0.29, 0.717) is 32.1 Å². The van der Waals surface area contributed by atoms with E-state index in [4.69, 9.17) is 0 Å². The zero-order valence-electron chi connectivity index (χ0n) is 34.6. The highest BCUT2D eigenvalue weighted by Gasteiger charge is 2.37. The summed E-state index contributed by atoms with van der Waals surface area (Å²) in [6.07, 6.45) is 5.62. The topological polar surface area (TPSA) is 203 Å². The number of fused-ring (bicyclic) bond motifs is 1. The zero-order valence-corrected chi connectivity index (χ0v) is 34.6. The number of nitrogens with one attached hydrogen (secondary N) is 2. The highest BCUT2D eigenvalue weighted by atomic mass is 16.4. The molecule has 2 heterocycles. The summed E-state index contributed by atoms with van der Waals surface area (Å²) in [4.78, 5) is 11.9. The van der Waals surface area contributed by atoms with Crippen LogP contribution in [-0.4, -0.2) is 108 Å². The number of aromatic hydroxyl groups is 1. The maximum Gasteiger partial charge on any atom is 0.303 e. The Morgan fingerprint density at radius 3 is 2.47 bits per heavy atom. The van der Waals surface area contributed by atoms with Crippen LogP contribution in [0, 0.1) is 17.8 Å². The van der Waals surface area contributed by atoms with E-state index in [1.54, 1.807) is 43.3 Å². The maximum absolute atomic E-state index is 12.3. The average molecular weight is 805 g/mol. The fourth-order valence-corrected chi connectivity index (χ4v) is 8.49. The molecule has 11 heteroatoms. The molecule has 0 bridgehead atoms. The monoisotopic (exact) mass is 804 g/mol. The van der Waals surface area contributed by atoms with Gasteiger partial charge in [-0.25, -0.2) is 0 Å². The Bertz CT molecular complexity index is 1700. The van der Waals surface area contributed by atoms with Gasteiger partial charge in [-0.3, -0.25) is 4.79 Å². The SMILES string of the molecule is CCCCC(O)C(O)C=CC1=C(CC(O)CO)C(CCC(O)C2NC(C)CCCC2CC(=O)O)NC(C(C)(O)Cc2ccc(O)cc2)CC#Cc2ccccc2CC1. The largest absolute Gasteiger partial charge is 0.508 e. The zero-order chi connectivity index (χ0) is 42.2. The molecule has 0 saturated carbocycles. The first-order valence-corrected chi connectivity index (χ1v) is 21.2. The van der Waals surface area contributed by atoms with Gasteiger partial charge < -0.3 is 51.5 Å². The van der Waals surface area contributed by atoms with Crippen LogP contribution in [0.1, 0.15) is 115 Å². The molecule has 2 aromatic carbocycles. The first-order chi connectivity index (χ1) is 27.7. The van der Waals surface area contributed by atoms with Crippen LogP contribution >= 0.6 is 0 Å². The van der Waals surface area contributed by atoms with E-state index in [-0.39, 0.29) is 49.8 Å². The minimum atomic E-state index is -1.40. The molecular formula is C47H68N2O9. The number of rotatable bonds is 18. The second-order valence-electron chi connectivity index (χ2n) is 16.8. The molecule has 2 aromatic rings. The lowest BCUT2D eigenvalue weighted by Crippen LogP contribution is -2.54. The fraction of sp³-hybridized carbons (Fsp3) is 0.596. The number of unbranched alkanes of at least 4 members (excludes halogenated alkanes) is 1. The highest BCUT2D eigenvalue weighted by Crippen LogP contribution is 2.32. The molecule has 1 fully saturated rings. The second kappa shape index (κ2) is 23.3. The van der Waals surface area contributed by atoms with E-state index < -0.39 is 60.7 Å². The van der Waals surface area contributed by atoms with E-state index in [1.165, 1.54) is 0 Å². The summed E-state index contributed by atoms with van der Waals surface area (Å²) >= 11 is 0. The van der Waals surface area contributed by atoms with E-state index in [0.717, 1.165) is 53.5 Å². The summed E-state index contributed by atoms with van der Waals surface area (Å²) in [7, 11) is 0. The third-order valence-electron chi connectivity index (χ3n) is 11.9. The van der Waals surface area contributed by atoms with Crippen molar-refractivity contribution in [1.29, 1.82) is 0 Å². The lowest BCUT2D eigenvalue weighted by molar-refractivity contribution is -0.138. The number of phenols is 1. The van der Waals surface area contributed by atoms with Gasteiger partial charge in [0.05, 0.1) is 36.6 Å². The van der Waals surface area contributed by atoms with Gasteiger partial charge in [-0.2, -0.15) is 0 Å². The molecule has 0 aromatic heterocycles. The number of aliphatic hydroxyl groups excluding tert-OH is 5. The predicted molar refractivity (Wildman–Crippen MR) is 226 cm³/mol. The molecule has 11 nitrogen and oxygen atoms in total. The lowest BCUT2D eigenvalue weighted by Gasteiger charge is -2.38. The van der Waals surface area contributed by atoms with Gasteiger partial charge in [-0.15, -0.1) is 0 Å². The van der Waals surface area contributed by atoms with Gasteiger partial charge in [0.2, 0.25) is 0 Å². The number of carbonyl (C=O) groups is 1. The van der Waals surface area contributed by atoms with E-state index in [1.807, 2.05) is 38.1 Å². The number of phenolic OH excluding ortho intramolecular Hbond substituents is 1. The van der Waals surface area contributed by atoms with Crippen LogP contribution in [0.15, 0.2) is 71.8 Å². The highest BCUT2D eigenvalue weighted by molar-refractivity contribution is 5.67. The van der Waals surface area contributed by atoms with Gasteiger partial charge in [0, 0.05) is 49.0 Å². The quantitative estimate of drug-likeness (QED) is 0.0939. The molecule has 0 spiro atoms. The molecule has 0 radical (unpaired) electrons. The van der Waals surface area contributed by atoms with Crippen molar-refractivity contribution >= 4 is 5.97 Å². The summed E-state index contributed by atoms with van der Waals surface area (Å²) in [6.45, 7) is 5.29. The molecule has 2 aliphatic rings. The number of carboxylic acid groups (broad SMARTS) is 1. The van der Waals surface area contributed by atoms with Crippen molar-refractivity contribution in [3.63, 3.8) is 0 Å². The van der Waals surface area contributed by atoms with Crippen molar-refractivity contribution in [1.82, 2.24) is 10.6 Å². The molecule has 1 saturated heterocycles. The predicted octanol–water partition coefficient (Wildman–Crippen LogP) is 4.67. The number of hydrogen-bond acceptors (Lipinski definition) is 10. The summed E-state index contributed by atoms with van der Waals surface area (Å²) < 4.78 is 0. The Hall–Kier alpha value is -3.57. The van der Waals surface area contributed by atoms with Gasteiger partial charge in [-0.1, -0.05) is 80.5 Å². The summed E-state index contributed by atoms with van der Waals surface area (Å²) in [5.41, 5.74) is 2.73. The third kappa shape index (κ3) is 14.6. The van der Waals surface area contributed by atoms with Crippen LogP contribution in [-0.2, 0) is 17.6 Å². The summed E-state index contributed by atoms with van der Waals surface area (Å²) in [5, 5.41) is 94.4.